The fourth-order valence-electron chi connectivity index (χ4n) is 0.751. The van der Waals surface area contributed by atoms with E-state index in [4.69, 9.17) is 5.11 Å². The number of thiazole rings is 1. The molecule has 0 aromatic carbocycles. The molecule has 1 rings (SSSR count). The first-order valence-corrected chi connectivity index (χ1v) is 4.19. The fourth-order valence-corrected chi connectivity index (χ4v) is 1.51. The third-order valence-electron chi connectivity index (χ3n) is 1.34. The molecule has 0 aliphatic rings. The molecule has 1 aromatic rings. The van der Waals surface area contributed by atoms with Crippen molar-refractivity contribution in [3.05, 3.63) is 16.6 Å². The van der Waals surface area contributed by atoms with Gasteiger partial charge in [0.25, 0.3) is 0 Å². The van der Waals surface area contributed by atoms with E-state index < -0.39 is 0 Å². The van der Waals surface area contributed by atoms with Gasteiger partial charge in [-0.15, -0.1) is 11.3 Å². The van der Waals surface area contributed by atoms with E-state index in [0.29, 0.717) is 5.92 Å². The van der Waals surface area contributed by atoms with E-state index in [1.807, 2.05) is 18.6 Å². The van der Waals surface area contributed by atoms with Crippen LogP contribution < -0.4 is 0 Å². The molecule has 0 saturated heterocycles. The maximum atomic E-state index is 8.72. The Morgan fingerprint density at radius 2 is 2.60 bits per heavy atom. The largest absolute Gasteiger partial charge is 0.396 e. The van der Waals surface area contributed by atoms with Crippen LogP contribution in [0.3, 0.4) is 0 Å². The Morgan fingerprint density at radius 3 is 3.10 bits per heavy atom. The third kappa shape index (κ3) is 2.08. The lowest BCUT2D eigenvalue weighted by atomic mass is 10.1. The van der Waals surface area contributed by atoms with E-state index in [1.165, 1.54) is 4.88 Å². The molecule has 1 heterocycles. The SMILES string of the molecule is CC(CO)Cc1cncs1. The molecule has 0 bridgehead atoms. The minimum atomic E-state index is 0.262. The van der Waals surface area contributed by atoms with E-state index in [1.54, 1.807) is 11.3 Å². The van der Waals surface area contributed by atoms with E-state index in [-0.39, 0.29) is 6.61 Å². The fraction of sp³-hybridized carbons (Fsp3) is 0.571. The van der Waals surface area contributed by atoms with Gasteiger partial charge in [-0.2, -0.15) is 0 Å². The predicted octanol–water partition coefficient (Wildman–Crippen LogP) is 1.31. The van der Waals surface area contributed by atoms with Crippen LogP contribution in [-0.2, 0) is 6.42 Å². The zero-order valence-electron chi connectivity index (χ0n) is 5.95. The second kappa shape index (κ2) is 3.68. The van der Waals surface area contributed by atoms with Gasteiger partial charge < -0.3 is 5.11 Å². The second-order valence-electron chi connectivity index (χ2n) is 2.46. The normalized spacial score (nSPS) is 13.4. The molecular formula is C7H11NOS. The van der Waals surface area contributed by atoms with Crippen molar-refractivity contribution in [1.82, 2.24) is 4.98 Å². The van der Waals surface area contributed by atoms with Gasteiger partial charge in [-0.25, -0.2) is 0 Å². The summed E-state index contributed by atoms with van der Waals surface area (Å²) < 4.78 is 0. The molecule has 0 aliphatic carbocycles. The molecular weight excluding hydrogens is 146 g/mol. The Labute approximate surface area is 64.5 Å². The molecule has 56 valence electrons. The van der Waals surface area contributed by atoms with Gasteiger partial charge in [-0.1, -0.05) is 6.92 Å². The Bertz CT molecular complexity index is 174. The maximum Gasteiger partial charge on any atom is 0.0794 e. The van der Waals surface area contributed by atoms with Gasteiger partial charge in [-0.3, -0.25) is 4.98 Å². The number of aliphatic hydroxyl groups is 1. The zero-order chi connectivity index (χ0) is 7.40. The van der Waals surface area contributed by atoms with E-state index >= 15 is 0 Å². The lowest BCUT2D eigenvalue weighted by Crippen LogP contribution is -2.02. The highest BCUT2D eigenvalue weighted by molar-refractivity contribution is 7.09. The van der Waals surface area contributed by atoms with Gasteiger partial charge in [0.2, 0.25) is 0 Å². The molecule has 1 unspecified atom stereocenters. The summed E-state index contributed by atoms with van der Waals surface area (Å²) in [6.45, 7) is 2.29. The summed E-state index contributed by atoms with van der Waals surface area (Å²) in [5.74, 6) is 0.362. The van der Waals surface area contributed by atoms with Gasteiger partial charge in [0.15, 0.2) is 0 Å². The van der Waals surface area contributed by atoms with Gasteiger partial charge in [0.05, 0.1) is 5.51 Å². The van der Waals surface area contributed by atoms with Crippen LogP contribution in [0.25, 0.3) is 0 Å². The Kier molecular flexibility index (Phi) is 2.83. The van der Waals surface area contributed by atoms with Gasteiger partial charge in [-0.05, 0) is 12.3 Å². The van der Waals surface area contributed by atoms with Crippen molar-refractivity contribution in [3.63, 3.8) is 0 Å². The van der Waals surface area contributed by atoms with Crippen molar-refractivity contribution in [2.75, 3.05) is 6.61 Å². The minimum absolute atomic E-state index is 0.262. The van der Waals surface area contributed by atoms with Crippen molar-refractivity contribution in [2.45, 2.75) is 13.3 Å². The van der Waals surface area contributed by atoms with E-state index in [2.05, 4.69) is 4.98 Å². The number of rotatable bonds is 3. The molecule has 0 saturated carbocycles. The zero-order valence-corrected chi connectivity index (χ0v) is 6.77. The molecule has 1 atom stereocenters. The lowest BCUT2D eigenvalue weighted by Gasteiger charge is -2.02. The summed E-state index contributed by atoms with van der Waals surface area (Å²) in [5, 5.41) is 8.72. The molecule has 10 heavy (non-hydrogen) atoms. The van der Waals surface area contributed by atoms with E-state index in [0.717, 1.165) is 6.42 Å². The molecule has 3 heteroatoms. The smallest absolute Gasteiger partial charge is 0.0794 e. The summed E-state index contributed by atoms with van der Waals surface area (Å²) in [6, 6.07) is 0. The molecule has 0 aliphatic heterocycles. The van der Waals surface area contributed by atoms with Crippen LogP contribution in [0.4, 0.5) is 0 Å². The summed E-state index contributed by atoms with van der Waals surface area (Å²) in [5.41, 5.74) is 1.82. The number of hydrogen-bond donors (Lipinski definition) is 1. The average molecular weight is 157 g/mol. The van der Waals surface area contributed by atoms with Crippen molar-refractivity contribution >= 4 is 11.3 Å². The standard InChI is InChI=1S/C7H11NOS/c1-6(4-9)2-7-3-8-5-10-7/h3,5-6,9H,2,4H2,1H3. The second-order valence-corrected chi connectivity index (χ2v) is 3.43. The maximum absolute atomic E-state index is 8.72. The van der Waals surface area contributed by atoms with Crippen molar-refractivity contribution in [1.29, 1.82) is 0 Å². The summed E-state index contributed by atoms with van der Waals surface area (Å²) in [4.78, 5) is 5.20. The van der Waals surface area contributed by atoms with Crippen LogP contribution in [0, 0.1) is 5.92 Å². The first-order valence-electron chi connectivity index (χ1n) is 3.31. The van der Waals surface area contributed by atoms with Crippen LogP contribution in [-0.4, -0.2) is 16.7 Å². The molecule has 1 aromatic heterocycles. The first-order chi connectivity index (χ1) is 4.83. The van der Waals surface area contributed by atoms with Crippen molar-refractivity contribution < 1.29 is 5.11 Å². The highest BCUT2D eigenvalue weighted by Crippen LogP contribution is 2.11. The Hall–Kier alpha value is -0.410. The van der Waals surface area contributed by atoms with Gasteiger partial charge in [0, 0.05) is 17.7 Å². The van der Waals surface area contributed by atoms with Crippen molar-refractivity contribution in [3.8, 4) is 0 Å². The summed E-state index contributed by atoms with van der Waals surface area (Å²) in [6.07, 6.45) is 2.80. The molecule has 0 spiro atoms. The number of hydrogen-bond acceptors (Lipinski definition) is 3. The number of aromatic nitrogens is 1. The molecule has 0 radical (unpaired) electrons. The van der Waals surface area contributed by atoms with Crippen molar-refractivity contribution in [2.24, 2.45) is 5.92 Å². The number of nitrogens with zero attached hydrogens (tertiary/aromatic N) is 1. The van der Waals surface area contributed by atoms with Crippen LogP contribution in [0.2, 0.25) is 0 Å². The topological polar surface area (TPSA) is 33.1 Å². The third-order valence-corrected chi connectivity index (χ3v) is 2.15. The highest BCUT2D eigenvalue weighted by atomic mass is 32.1. The Morgan fingerprint density at radius 1 is 1.80 bits per heavy atom. The van der Waals surface area contributed by atoms with Gasteiger partial charge in [0.1, 0.15) is 0 Å². The molecule has 1 N–H and O–H groups in total. The lowest BCUT2D eigenvalue weighted by molar-refractivity contribution is 0.237. The molecule has 0 fully saturated rings. The monoisotopic (exact) mass is 157 g/mol. The summed E-state index contributed by atoms with van der Waals surface area (Å²) >= 11 is 1.64. The molecule has 0 amide bonds. The van der Waals surface area contributed by atoms with Crippen LogP contribution in [0.15, 0.2) is 11.7 Å². The van der Waals surface area contributed by atoms with Gasteiger partial charge >= 0.3 is 0 Å². The minimum Gasteiger partial charge on any atom is -0.396 e. The molecule has 2 nitrogen and oxygen atoms in total. The van der Waals surface area contributed by atoms with Crippen LogP contribution >= 0.6 is 11.3 Å². The number of aliphatic hydroxyl groups excluding tert-OH is 1. The first kappa shape index (κ1) is 7.69. The van der Waals surface area contributed by atoms with E-state index in [9.17, 15) is 0 Å². The predicted molar refractivity (Wildman–Crippen MR) is 42.1 cm³/mol. The summed E-state index contributed by atoms with van der Waals surface area (Å²) in [7, 11) is 0. The average Bonchev–Trinajstić information content (AvgIpc) is 2.40. The van der Waals surface area contributed by atoms with Crippen LogP contribution in [0.1, 0.15) is 11.8 Å². The quantitative estimate of drug-likeness (QED) is 0.717. The Balaban J connectivity index is 2.40. The van der Waals surface area contributed by atoms with Crippen LogP contribution in [0.5, 0.6) is 0 Å². The highest BCUT2D eigenvalue weighted by Gasteiger charge is 2.01.